The largest absolute Gasteiger partial charge is 0.476 e. The Morgan fingerprint density at radius 3 is 2.72 bits per heavy atom. The average molecular weight is 357 g/mol. The highest BCUT2D eigenvalue weighted by atomic mass is 19.4. The number of alkyl halides is 3. The van der Waals surface area contributed by atoms with Gasteiger partial charge in [0.15, 0.2) is 5.69 Å². The molecule has 0 bridgehead atoms. The number of aromatic carboxylic acids is 1. The van der Waals surface area contributed by atoms with Crippen molar-refractivity contribution in [3.8, 4) is 0 Å². The third-order valence-electron chi connectivity index (χ3n) is 3.11. The first kappa shape index (κ1) is 18.5. The number of hydrogen-bond donors (Lipinski definition) is 2. The third kappa shape index (κ3) is 5.05. The lowest BCUT2D eigenvalue weighted by molar-refractivity contribution is -0.176. The van der Waals surface area contributed by atoms with Gasteiger partial charge in [-0.15, -0.1) is 0 Å². The van der Waals surface area contributed by atoms with Gasteiger partial charge in [0.1, 0.15) is 6.61 Å². The number of halogens is 3. The van der Waals surface area contributed by atoms with Crippen LogP contribution in [0.5, 0.6) is 0 Å². The summed E-state index contributed by atoms with van der Waals surface area (Å²) in [7, 11) is 1.41. The minimum atomic E-state index is -4.43. The van der Waals surface area contributed by atoms with Crippen molar-refractivity contribution in [1.29, 1.82) is 0 Å². The van der Waals surface area contributed by atoms with Gasteiger partial charge < -0.3 is 15.2 Å². The summed E-state index contributed by atoms with van der Waals surface area (Å²) in [6.07, 6.45) is -3.24. The summed E-state index contributed by atoms with van der Waals surface area (Å²) in [6, 6.07) is 5.81. The second-order valence-electron chi connectivity index (χ2n) is 5.10. The minimum Gasteiger partial charge on any atom is -0.476 e. The average Bonchev–Trinajstić information content (AvgIpc) is 2.87. The molecule has 7 nitrogen and oxygen atoms in total. The van der Waals surface area contributed by atoms with Crippen LogP contribution in [-0.2, 0) is 18.4 Å². The number of ether oxygens (including phenoxy) is 1. The second kappa shape index (κ2) is 7.34. The molecule has 25 heavy (non-hydrogen) atoms. The Hall–Kier alpha value is -2.88. The smallest absolute Gasteiger partial charge is 0.411 e. The Kier molecular flexibility index (Phi) is 5.42. The van der Waals surface area contributed by atoms with Crippen LogP contribution in [0.25, 0.3) is 0 Å². The Bertz CT molecular complexity index is 787. The molecule has 0 aliphatic carbocycles. The highest BCUT2D eigenvalue weighted by Crippen LogP contribution is 2.18. The molecule has 0 atom stereocenters. The van der Waals surface area contributed by atoms with Crippen LogP contribution in [0.2, 0.25) is 0 Å². The molecular weight excluding hydrogens is 343 g/mol. The van der Waals surface area contributed by atoms with Gasteiger partial charge in [-0.05, 0) is 17.7 Å². The maximum Gasteiger partial charge on any atom is 0.411 e. The third-order valence-corrected chi connectivity index (χ3v) is 3.11. The van der Waals surface area contributed by atoms with Gasteiger partial charge in [-0.1, -0.05) is 12.1 Å². The SMILES string of the molecule is Cn1ncc(NC(=O)c2cccc(COCC(F)(F)F)c2)c1C(=O)O. The molecule has 10 heteroatoms. The molecule has 134 valence electrons. The van der Waals surface area contributed by atoms with Gasteiger partial charge in [0.05, 0.1) is 18.5 Å². The van der Waals surface area contributed by atoms with Crippen molar-refractivity contribution in [2.45, 2.75) is 12.8 Å². The van der Waals surface area contributed by atoms with Gasteiger partial charge in [-0.2, -0.15) is 18.3 Å². The van der Waals surface area contributed by atoms with Crippen molar-refractivity contribution in [2.24, 2.45) is 7.05 Å². The number of rotatable bonds is 6. The van der Waals surface area contributed by atoms with E-state index in [1.54, 1.807) is 0 Å². The maximum atomic E-state index is 12.2. The number of anilines is 1. The number of carboxylic acids is 1. The van der Waals surface area contributed by atoms with Crippen molar-refractivity contribution in [1.82, 2.24) is 9.78 Å². The molecule has 1 amide bonds. The van der Waals surface area contributed by atoms with Gasteiger partial charge in [0.25, 0.3) is 5.91 Å². The molecular formula is C15H14F3N3O4. The first-order valence-electron chi connectivity index (χ1n) is 6.97. The van der Waals surface area contributed by atoms with Gasteiger partial charge in [-0.25, -0.2) is 4.79 Å². The van der Waals surface area contributed by atoms with Crippen LogP contribution in [0.3, 0.4) is 0 Å². The molecule has 2 rings (SSSR count). The number of benzene rings is 1. The summed E-state index contributed by atoms with van der Waals surface area (Å²) in [6.45, 7) is -1.70. The lowest BCUT2D eigenvalue weighted by Gasteiger charge is -2.09. The molecule has 0 aliphatic heterocycles. The zero-order valence-electron chi connectivity index (χ0n) is 13.0. The van der Waals surface area contributed by atoms with Crippen molar-refractivity contribution in [3.63, 3.8) is 0 Å². The maximum absolute atomic E-state index is 12.2. The number of carbonyl (C=O) groups is 2. The highest BCUT2D eigenvalue weighted by molar-refractivity contribution is 6.07. The van der Waals surface area contributed by atoms with Crippen molar-refractivity contribution >= 4 is 17.6 Å². The number of nitrogens with zero attached hydrogens (tertiary/aromatic N) is 2. The predicted octanol–water partition coefficient (Wildman–Crippen LogP) is 2.45. The molecule has 1 heterocycles. The summed E-state index contributed by atoms with van der Waals surface area (Å²) < 4.78 is 41.8. The Morgan fingerprint density at radius 1 is 1.36 bits per heavy atom. The topological polar surface area (TPSA) is 93.5 Å². The number of hydrogen-bond acceptors (Lipinski definition) is 4. The van der Waals surface area contributed by atoms with Crippen LogP contribution in [0.4, 0.5) is 18.9 Å². The molecule has 1 aromatic heterocycles. The second-order valence-corrected chi connectivity index (χ2v) is 5.10. The number of nitrogens with one attached hydrogen (secondary N) is 1. The summed E-state index contributed by atoms with van der Waals surface area (Å²) >= 11 is 0. The molecule has 0 saturated heterocycles. The highest BCUT2D eigenvalue weighted by Gasteiger charge is 2.27. The van der Waals surface area contributed by atoms with E-state index in [2.05, 4.69) is 15.2 Å². The molecule has 0 spiro atoms. The van der Waals surface area contributed by atoms with Gasteiger partial charge in [-0.3, -0.25) is 9.48 Å². The summed E-state index contributed by atoms with van der Waals surface area (Å²) in [5, 5.41) is 15.3. The minimum absolute atomic E-state index is 0.0127. The summed E-state index contributed by atoms with van der Waals surface area (Å²) in [5.74, 6) is -1.88. The zero-order chi connectivity index (χ0) is 18.6. The molecule has 0 unspecified atom stereocenters. The van der Waals surface area contributed by atoms with Crippen molar-refractivity contribution < 1.29 is 32.6 Å². The van der Waals surface area contributed by atoms with Crippen LogP contribution < -0.4 is 5.32 Å². The van der Waals surface area contributed by atoms with E-state index < -0.39 is 24.7 Å². The van der Waals surface area contributed by atoms with Crippen LogP contribution >= 0.6 is 0 Å². The monoisotopic (exact) mass is 357 g/mol. The van der Waals surface area contributed by atoms with E-state index in [1.807, 2.05) is 0 Å². The molecule has 2 N–H and O–H groups in total. The van der Waals surface area contributed by atoms with Crippen LogP contribution in [0.15, 0.2) is 30.5 Å². The fraction of sp³-hybridized carbons (Fsp3) is 0.267. The van der Waals surface area contributed by atoms with Crippen LogP contribution in [-0.4, -0.2) is 39.5 Å². The first-order chi connectivity index (χ1) is 11.7. The fourth-order valence-electron chi connectivity index (χ4n) is 2.06. The lowest BCUT2D eigenvalue weighted by atomic mass is 10.1. The number of aryl methyl sites for hydroxylation is 1. The standard InChI is InChI=1S/C15H14F3N3O4/c1-21-12(14(23)24)11(6-19-21)20-13(22)10-4-2-3-9(5-10)7-25-8-15(16,17)18/h2-6H,7-8H2,1H3,(H,20,22)(H,23,24). The van der Waals surface area contributed by atoms with Crippen molar-refractivity contribution in [2.75, 3.05) is 11.9 Å². The van der Waals surface area contributed by atoms with Crippen molar-refractivity contribution in [3.05, 3.63) is 47.3 Å². The summed E-state index contributed by atoms with van der Waals surface area (Å²) in [5.41, 5.74) is 0.339. The molecule has 0 saturated carbocycles. The number of aromatic nitrogens is 2. The Labute approximate surface area is 140 Å². The van der Waals surface area contributed by atoms with Gasteiger partial charge in [0.2, 0.25) is 0 Å². The van der Waals surface area contributed by atoms with Gasteiger partial charge in [0, 0.05) is 12.6 Å². The number of carboxylic acid groups (broad SMARTS) is 1. The molecule has 0 aliphatic rings. The molecule has 0 fully saturated rings. The predicted molar refractivity (Wildman–Crippen MR) is 80.3 cm³/mol. The zero-order valence-corrected chi connectivity index (χ0v) is 13.0. The molecule has 2 aromatic rings. The van der Waals surface area contributed by atoms with E-state index in [4.69, 9.17) is 5.11 Å². The van der Waals surface area contributed by atoms with E-state index >= 15 is 0 Å². The summed E-state index contributed by atoms with van der Waals surface area (Å²) in [4.78, 5) is 23.4. The van der Waals surface area contributed by atoms with E-state index in [-0.39, 0.29) is 23.6 Å². The normalized spacial score (nSPS) is 11.4. The Morgan fingerprint density at radius 2 is 2.08 bits per heavy atom. The molecule has 0 radical (unpaired) electrons. The van der Waals surface area contributed by atoms with Crippen LogP contribution in [0, 0.1) is 0 Å². The quantitative estimate of drug-likeness (QED) is 0.828. The number of carbonyl (C=O) groups excluding carboxylic acids is 1. The van der Waals surface area contributed by atoms with Crippen LogP contribution in [0.1, 0.15) is 26.4 Å². The van der Waals surface area contributed by atoms with E-state index in [0.29, 0.717) is 5.56 Å². The molecule has 1 aromatic carbocycles. The number of amides is 1. The Balaban J connectivity index is 2.08. The van der Waals surface area contributed by atoms with E-state index in [9.17, 15) is 22.8 Å². The van der Waals surface area contributed by atoms with E-state index in [0.717, 1.165) is 4.68 Å². The first-order valence-corrected chi connectivity index (χ1v) is 6.97. The fourth-order valence-corrected chi connectivity index (χ4v) is 2.06. The van der Waals surface area contributed by atoms with Gasteiger partial charge >= 0.3 is 12.1 Å². The van der Waals surface area contributed by atoms with E-state index in [1.165, 1.54) is 37.5 Å². The lowest BCUT2D eigenvalue weighted by Crippen LogP contribution is -2.17.